The van der Waals surface area contributed by atoms with E-state index in [0.717, 1.165) is 43.0 Å². The van der Waals surface area contributed by atoms with Gasteiger partial charge in [-0.1, -0.05) is 31.5 Å². The first-order valence-corrected chi connectivity index (χ1v) is 8.87. The van der Waals surface area contributed by atoms with Crippen molar-refractivity contribution >= 4 is 17.5 Å². The molecule has 2 aromatic rings. The fraction of sp³-hybridized carbons (Fsp3) is 0.500. The Morgan fingerprint density at radius 2 is 2.04 bits per heavy atom. The normalized spacial score (nSPS) is 15.2. The van der Waals surface area contributed by atoms with Crippen LogP contribution in [0.1, 0.15) is 73.1 Å². The lowest BCUT2D eigenvalue weighted by atomic mass is 10.0. The van der Waals surface area contributed by atoms with Crippen LogP contribution in [0.5, 0.6) is 0 Å². The zero-order chi connectivity index (χ0) is 17.3. The van der Waals surface area contributed by atoms with Gasteiger partial charge < -0.3 is 9.88 Å². The topological polar surface area (TPSA) is 59.8 Å². The van der Waals surface area contributed by atoms with E-state index < -0.39 is 0 Å². The summed E-state index contributed by atoms with van der Waals surface area (Å²) >= 11 is 6.29. The maximum Gasteiger partial charge on any atom is 0.251 e. The number of nitrogens with zero attached hydrogens (tertiary/aromatic N) is 3. The van der Waals surface area contributed by atoms with E-state index in [4.69, 9.17) is 11.6 Å². The maximum absolute atomic E-state index is 12.5. The molecule has 1 aliphatic rings. The highest BCUT2D eigenvalue weighted by Gasteiger charge is 2.22. The third-order valence-electron chi connectivity index (χ3n) is 4.51. The number of hydrogen-bond acceptors (Lipinski definition) is 3. The van der Waals surface area contributed by atoms with E-state index in [-0.39, 0.29) is 11.9 Å². The maximum atomic E-state index is 12.5. The molecule has 5 nitrogen and oxygen atoms in total. The van der Waals surface area contributed by atoms with E-state index >= 15 is 0 Å². The van der Waals surface area contributed by atoms with Gasteiger partial charge in [0.15, 0.2) is 5.82 Å². The predicted octanol–water partition coefficient (Wildman–Crippen LogP) is 3.88. The Bertz CT molecular complexity index is 753. The molecule has 6 heteroatoms. The van der Waals surface area contributed by atoms with E-state index in [9.17, 15) is 4.79 Å². The third kappa shape index (κ3) is 3.31. The van der Waals surface area contributed by atoms with Gasteiger partial charge in [0.1, 0.15) is 5.82 Å². The van der Waals surface area contributed by atoms with Crippen molar-refractivity contribution in [3.8, 4) is 0 Å². The van der Waals surface area contributed by atoms with Crippen LogP contribution in [0.3, 0.4) is 0 Å². The first-order chi connectivity index (χ1) is 11.5. The van der Waals surface area contributed by atoms with Crippen molar-refractivity contribution < 1.29 is 4.79 Å². The van der Waals surface area contributed by atoms with Gasteiger partial charge in [0, 0.05) is 23.6 Å². The standard InChI is InChI=1S/C18H23ClN4O/c1-11(2)14-8-7-13(10-15(14)19)18(24)20-12(3)17-22-21-16-6-4-5-9-23(16)17/h7-8,10-12H,4-6,9H2,1-3H3,(H,20,24). The van der Waals surface area contributed by atoms with Crippen molar-refractivity contribution in [3.05, 3.63) is 46.0 Å². The Kier molecular flexibility index (Phi) is 4.90. The lowest BCUT2D eigenvalue weighted by Gasteiger charge is -2.19. The van der Waals surface area contributed by atoms with Gasteiger partial charge in [0.2, 0.25) is 0 Å². The smallest absolute Gasteiger partial charge is 0.251 e. The van der Waals surface area contributed by atoms with Crippen LogP contribution in [0, 0.1) is 0 Å². The summed E-state index contributed by atoms with van der Waals surface area (Å²) in [4.78, 5) is 12.5. The van der Waals surface area contributed by atoms with Gasteiger partial charge in [-0.3, -0.25) is 4.79 Å². The second kappa shape index (κ2) is 6.93. The number of halogens is 1. The van der Waals surface area contributed by atoms with Crippen molar-refractivity contribution in [1.82, 2.24) is 20.1 Å². The largest absolute Gasteiger partial charge is 0.342 e. The molecule has 1 N–H and O–H groups in total. The van der Waals surface area contributed by atoms with E-state index in [1.165, 1.54) is 0 Å². The molecule has 0 radical (unpaired) electrons. The molecule has 0 bridgehead atoms. The minimum Gasteiger partial charge on any atom is -0.342 e. The van der Waals surface area contributed by atoms with E-state index in [0.29, 0.717) is 16.5 Å². The lowest BCUT2D eigenvalue weighted by molar-refractivity contribution is 0.0937. The van der Waals surface area contributed by atoms with Gasteiger partial charge in [0.05, 0.1) is 6.04 Å². The number of nitrogens with one attached hydrogen (secondary N) is 1. The summed E-state index contributed by atoms with van der Waals surface area (Å²) in [6, 6.07) is 5.28. The summed E-state index contributed by atoms with van der Waals surface area (Å²) in [5, 5.41) is 12.1. The van der Waals surface area contributed by atoms with Crippen molar-refractivity contribution in [2.75, 3.05) is 0 Å². The van der Waals surface area contributed by atoms with Crippen molar-refractivity contribution in [1.29, 1.82) is 0 Å². The summed E-state index contributed by atoms with van der Waals surface area (Å²) in [7, 11) is 0. The predicted molar refractivity (Wildman–Crippen MR) is 94.4 cm³/mol. The molecule has 0 fully saturated rings. The van der Waals surface area contributed by atoms with E-state index in [1.807, 2.05) is 19.1 Å². The van der Waals surface area contributed by atoms with Gasteiger partial charge in [-0.15, -0.1) is 10.2 Å². The molecule has 1 amide bonds. The second-order valence-electron chi connectivity index (χ2n) is 6.67. The highest BCUT2D eigenvalue weighted by atomic mass is 35.5. The number of carbonyl (C=O) groups excluding carboxylic acids is 1. The molecule has 1 aliphatic heterocycles. The number of hydrogen-bond donors (Lipinski definition) is 1. The monoisotopic (exact) mass is 346 g/mol. The zero-order valence-electron chi connectivity index (χ0n) is 14.3. The van der Waals surface area contributed by atoms with E-state index in [1.54, 1.807) is 6.07 Å². The highest BCUT2D eigenvalue weighted by molar-refractivity contribution is 6.31. The average molecular weight is 347 g/mol. The van der Waals surface area contributed by atoms with Crippen LogP contribution in [-0.4, -0.2) is 20.7 Å². The van der Waals surface area contributed by atoms with E-state index in [2.05, 4.69) is 33.9 Å². The van der Waals surface area contributed by atoms with Crippen molar-refractivity contribution in [2.24, 2.45) is 0 Å². The van der Waals surface area contributed by atoms with Crippen LogP contribution in [0.2, 0.25) is 5.02 Å². The Morgan fingerprint density at radius 3 is 2.75 bits per heavy atom. The molecule has 1 unspecified atom stereocenters. The van der Waals surface area contributed by atoms with Gasteiger partial charge >= 0.3 is 0 Å². The molecular weight excluding hydrogens is 324 g/mol. The SMILES string of the molecule is CC(C)c1ccc(C(=O)NC(C)c2nnc3n2CCCC3)cc1Cl. The average Bonchev–Trinajstić information content (AvgIpc) is 2.98. The molecule has 1 atom stereocenters. The van der Waals surface area contributed by atoms with Crippen LogP contribution in [0.4, 0.5) is 0 Å². The fourth-order valence-corrected chi connectivity index (χ4v) is 3.53. The quantitative estimate of drug-likeness (QED) is 0.913. The Morgan fingerprint density at radius 1 is 1.25 bits per heavy atom. The minimum absolute atomic E-state index is 0.145. The Hall–Kier alpha value is -1.88. The summed E-state index contributed by atoms with van der Waals surface area (Å²) in [5.74, 6) is 2.02. The first-order valence-electron chi connectivity index (χ1n) is 8.49. The van der Waals surface area contributed by atoms with Gasteiger partial charge in [0.25, 0.3) is 5.91 Å². The zero-order valence-corrected chi connectivity index (χ0v) is 15.1. The van der Waals surface area contributed by atoms with Crippen molar-refractivity contribution in [2.45, 2.75) is 58.5 Å². The summed E-state index contributed by atoms with van der Waals surface area (Å²) in [6.07, 6.45) is 3.24. The number of aryl methyl sites for hydroxylation is 1. The molecule has 0 saturated carbocycles. The highest BCUT2D eigenvalue weighted by Crippen LogP contribution is 2.25. The number of aromatic nitrogens is 3. The summed E-state index contributed by atoms with van der Waals surface area (Å²) in [6.45, 7) is 7.02. The Labute approximate surface area is 147 Å². The fourth-order valence-electron chi connectivity index (χ4n) is 3.13. The molecule has 0 saturated heterocycles. The third-order valence-corrected chi connectivity index (χ3v) is 4.83. The van der Waals surface area contributed by atoms with Gasteiger partial charge in [-0.25, -0.2) is 0 Å². The van der Waals surface area contributed by atoms with Crippen LogP contribution >= 0.6 is 11.6 Å². The second-order valence-corrected chi connectivity index (χ2v) is 7.08. The molecular formula is C18H23ClN4O. The Balaban J connectivity index is 1.75. The van der Waals surface area contributed by atoms with Gasteiger partial charge in [-0.05, 0) is 43.4 Å². The van der Waals surface area contributed by atoms with Crippen LogP contribution < -0.4 is 5.32 Å². The molecule has 3 rings (SSSR count). The number of rotatable bonds is 4. The molecule has 0 spiro atoms. The van der Waals surface area contributed by atoms with Crippen LogP contribution in [-0.2, 0) is 13.0 Å². The number of benzene rings is 1. The molecule has 1 aromatic carbocycles. The molecule has 2 heterocycles. The summed E-state index contributed by atoms with van der Waals surface area (Å²) in [5.41, 5.74) is 1.61. The molecule has 128 valence electrons. The molecule has 24 heavy (non-hydrogen) atoms. The van der Waals surface area contributed by atoms with Crippen LogP contribution in [0.25, 0.3) is 0 Å². The van der Waals surface area contributed by atoms with Crippen molar-refractivity contribution in [3.63, 3.8) is 0 Å². The first kappa shape index (κ1) is 17.0. The lowest BCUT2D eigenvalue weighted by Crippen LogP contribution is -2.29. The number of carbonyl (C=O) groups is 1. The minimum atomic E-state index is -0.194. The van der Waals surface area contributed by atoms with Gasteiger partial charge in [-0.2, -0.15) is 0 Å². The van der Waals surface area contributed by atoms with Crippen LogP contribution in [0.15, 0.2) is 18.2 Å². The number of amides is 1. The molecule has 0 aliphatic carbocycles. The molecule has 1 aromatic heterocycles. The summed E-state index contributed by atoms with van der Waals surface area (Å²) < 4.78 is 2.13. The number of fused-ring (bicyclic) bond motifs is 1.